The van der Waals surface area contributed by atoms with Gasteiger partial charge in [-0.15, -0.1) is 0 Å². The highest BCUT2D eigenvalue weighted by atomic mass is 35.5. The second-order valence-corrected chi connectivity index (χ2v) is 5.35. The molecule has 0 saturated carbocycles. The number of nitrogens with one attached hydrogen (secondary N) is 1. The molecule has 0 radical (unpaired) electrons. The van der Waals surface area contributed by atoms with E-state index in [-0.39, 0.29) is 6.79 Å². The van der Waals surface area contributed by atoms with Gasteiger partial charge in [0.05, 0.1) is 17.8 Å². The molecule has 6 heteroatoms. The zero-order valence-corrected chi connectivity index (χ0v) is 12.8. The van der Waals surface area contributed by atoms with Crippen LogP contribution in [0.3, 0.4) is 0 Å². The van der Waals surface area contributed by atoms with Crippen LogP contribution in [0.25, 0.3) is 0 Å². The monoisotopic (exact) mass is 325 g/mol. The smallest absolute Gasteiger partial charge is 0.231 e. The van der Waals surface area contributed by atoms with Gasteiger partial charge in [0.2, 0.25) is 12.5 Å². The Balaban J connectivity index is 1.81. The molecule has 1 N–H and O–H groups in total. The van der Waals surface area contributed by atoms with E-state index >= 15 is 0 Å². The number of rotatable bonds is 4. The van der Waals surface area contributed by atoms with Crippen LogP contribution < -0.4 is 19.5 Å². The lowest BCUT2D eigenvalue weighted by atomic mass is 10.1. The molecule has 0 spiro atoms. The van der Waals surface area contributed by atoms with Crippen molar-refractivity contribution < 1.29 is 14.2 Å². The van der Waals surface area contributed by atoms with Crippen LogP contribution in [0.2, 0.25) is 10.0 Å². The Morgan fingerprint density at radius 1 is 1.19 bits per heavy atom. The normalized spacial score (nSPS) is 12.3. The van der Waals surface area contributed by atoms with Crippen molar-refractivity contribution in [2.45, 2.75) is 6.54 Å². The van der Waals surface area contributed by atoms with E-state index < -0.39 is 0 Å². The van der Waals surface area contributed by atoms with E-state index in [4.69, 9.17) is 37.4 Å². The first-order valence-electron chi connectivity index (χ1n) is 6.33. The molecule has 0 aromatic heterocycles. The SMILES string of the molecule is COc1cc(CNc2cc(Cl)ccc2Cl)cc2c1OCO2. The first kappa shape index (κ1) is 14.2. The third-order valence-corrected chi connectivity index (χ3v) is 3.69. The van der Waals surface area contributed by atoms with Crippen molar-refractivity contribution in [2.75, 3.05) is 19.2 Å². The highest BCUT2D eigenvalue weighted by Gasteiger charge is 2.20. The number of methoxy groups -OCH3 is 1. The number of hydrogen-bond donors (Lipinski definition) is 1. The van der Waals surface area contributed by atoms with Gasteiger partial charge in [-0.3, -0.25) is 0 Å². The molecule has 21 heavy (non-hydrogen) atoms. The maximum Gasteiger partial charge on any atom is 0.231 e. The van der Waals surface area contributed by atoms with Gasteiger partial charge in [-0.05, 0) is 35.9 Å². The van der Waals surface area contributed by atoms with Gasteiger partial charge in [0, 0.05) is 11.6 Å². The number of halogens is 2. The van der Waals surface area contributed by atoms with E-state index in [0.29, 0.717) is 33.8 Å². The second kappa shape index (κ2) is 5.92. The first-order chi connectivity index (χ1) is 10.2. The fraction of sp³-hybridized carbons (Fsp3) is 0.200. The molecule has 0 bridgehead atoms. The molecule has 4 nitrogen and oxygen atoms in total. The van der Waals surface area contributed by atoms with E-state index in [1.165, 1.54) is 0 Å². The van der Waals surface area contributed by atoms with Crippen LogP contribution in [0.1, 0.15) is 5.56 Å². The maximum atomic E-state index is 6.12. The average molecular weight is 326 g/mol. The van der Waals surface area contributed by atoms with Crippen molar-refractivity contribution in [1.29, 1.82) is 0 Å². The number of anilines is 1. The largest absolute Gasteiger partial charge is 0.493 e. The molecular formula is C15H13Cl2NO3. The summed E-state index contributed by atoms with van der Waals surface area (Å²) >= 11 is 12.1. The van der Waals surface area contributed by atoms with Gasteiger partial charge in [-0.1, -0.05) is 23.2 Å². The summed E-state index contributed by atoms with van der Waals surface area (Å²) in [5, 5.41) is 4.49. The summed E-state index contributed by atoms with van der Waals surface area (Å²) in [5.74, 6) is 1.98. The van der Waals surface area contributed by atoms with Crippen molar-refractivity contribution in [3.8, 4) is 17.2 Å². The Labute approximate surface area is 132 Å². The topological polar surface area (TPSA) is 39.7 Å². The lowest BCUT2D eigenvalue weighted by Gasteiger charge is -2.11. The molecule has 2 aromatic carbocycles. The Kier molecular flexibility index (Phi) is 3.99. The highest BCUT2D eigenvalue weighted by Crippen LogP contribution is 2.42. The van der Waals surface area contributed by atoms with Gasteiger partial charge in [0.1, 0.15) is 0 Å². The van der Waals surface area contributed by atoms with Gasteiger partial charge in [0.15, 0.2) is 11.5 Å². The molecule has 2 aromatic rings. The van der Waals surface area contributed by atoms with Crippen molar-refractivity contribution in [3.63, 3.8) is 0 Å². The Morgan fingerprint density at radius 2 is 2.05 bits per heavy atom. The Morgan fingerprint density at radius 3 is 2.86 bits per heavy atom. The molecule has 1 aliphatic rings. The Bertz CT molecular complexity index is 676. The minimum atomic E-state index is 0.211. The zero-order chi connectivity index (χ0) is 14.8. The Hall–Kier alpha value is -1.78. The van der Waals surface area contributed by atoms with Crippen LogP contribution in [0.5, 0.6) is 17.2 Å². The molecule has 3 rings (SSSR count). The average Bonchev–Trinajstić information content (AvgIpc) is 2.95. The van der Waals surface area contributed by atoms with Crippen LogP contribution >= 0.6 is 23.2 Å². The van der Waals surface area contributed by atoms with E-state index in [9.17, 15) is 0 Å². The quantitative estimate of drug-likeness (QED) is 0.907. The lowest BCUT2D eigenvalue weighted by Crippen LogP contribution is -2.00. The molecule has 0 saturated heterocycles. The summed E-state index contributed by atoms with van der Waals surface area (Å²) in [7, 11) is 1.60. The van der Waals surface area contributed by atoms with Crippen LogP contribution in [-0.2, 0) is 6.54 Å². The van der Waals surface area contributed by atoms with E-state index in [1.807, 2.05) is 12.1 Å². The predicted octanol–water partition coefficient (Wildman–Crippen LogP) is 4.34. The highest BCUT2D eigenvalue weighted by molar-refractivity contribution is 6.35. The summed E-state index contributed by atoms with van der Waals surface area (Å²) in [6, 6.07) is 9.11. The van der Waals surface area contributed by atoms with Crippen LogP contribution in [0.15, 0.2) is 30.3 Å². The third-order valence-electron chi connectivity index (χ3n) is 3.13. The number of ether oxygens (including phenoxy) is 3. The van der Waals surface area contributed by atoms with Crippen molar-refractivity contribution in [1.82, 2.24) is 0 Å². The van der Waals surface area contributed by atoms with Gasteiger partial charge >= 0.3 is 0 Å². The summed E-state index contributed by atoms with van der Waals surface area (Å²) in [5.41, 5.74) is 1.77. The minimum Gasteiger partial charge on any atom is -0.493 e. The maximum absolute atomic E-state index is 6.12. The van der Waals surface area contributed by atoms with E-state index in [2.05, 4.69) is 5.32 Å². The summed E-state index contributed by atoms with van der Waals surface area (Å²) in [6.07, 6.45) is 0. The van der Waals surface area contributed by atoms with Gasteiger partial charge < -0.3 is 19.5 Å². The van der Waals surface area contributed by atoms with E-state index in [0.717, 1.165) is 11.3 Å². The molecule has 110 valence electrons. The first-order valence-corrected chi connectivity index (χ1v) is 7.08. The molecule has 0 amide bonds. The van der Waals surface area contributed by atoms with Gasteiger partial charge in [-0.25, -0.2) is 0 Å². The fourth-order valence-electron chi connectivity index (χ4n) is 2.12. The molecule has 1 heterocycles. The summed E-state index contributed by atoms with van der Waals surface area (Å²) in [6.45, 7) is 0.774. The summed E-state index contributed by atoms with van der Waals surface area (Å²) in [4.78, 5) is 0. The third kappa shape index (κ3) is 2.96. The van der Waals surface area contributed by atoms with Crippen molar-refractivity contribution >= 4 is 28.9 Å². The number of fused-ring (bicyclic) bond motifs is 1. The fourth-order valence-corrected chi connectivity index (χ4v) is 2.47. The predicted molar refractivity (Wildman–Crippen MR) is 82.9 cm³/mol. The molecule has 0 atom stereocenters. The standard InChI is InChI=1S/C15H13Cl2NO3/c1-19-13-4-9(5-14-15(13)21-8-20-14)7-18-12-6-10(16)2-3-11(12)17/h2-6,18H,7-8H2,1H3. The molecule has 1 aliphatic heterocycles. The zero-order valence-electron chi connectivity index (χ0n) is 11.3. The van der Waals surface area contributed by atoms with Gasteiger partial charge in [-0.2, -0.15) is 0 Å². The molecule has 0 fully saturated rings. The molecular weight excluding hydrogens is 313 g/mol. The van der Waals surface area contributed by atoms with Gasteiger partial charge in [0.25, 0.3) is 0 Å². The van der Waals surface area contributed by atoms with Crippen LogP contribution in [0, 0.1) is 0 Å². The summed E-state index contributed by atoms with van der Waals surface area (Å²) < 4.78 is 16.1. The van der Waals surface area contributed by atoms with Crippen molar-refractivity contribution in [2.24, 2.45) is 0 Å². The molecule has 0 unspecified atom stereocenters. The van der Waals surface area contributed by atoms with Crippen LogP contribution in [-0.4, -0.2) is 13.9 Å². The second-order valence-electron chi connectivity index (χ2n) is 4.51. The van der Waals surface area contributed by atoms with Crippen LogP contribution in [0.4, 0.5) is 5.69 Å². The minimum absolute atomic E-state index is 0.211. The van der Waals surface area contributed by atoms with E-state index in [1.54, 1.807) is 25.3 Å². The molecule has 0 aliphatic carbocycles. The van der Waals surface area contributed by atoms with Crippen molar-refractivity contribution in [3.05, 3.63) is 45.9 Å². The number of hydrogen-bond acceptors (Lipinski definition) is 4. The lowest BCUT2D eigenvalue weighted by molar-refractivity contribution is 0.171. The number of benzene rings is 2.